The standard InChI is InChI=1S/C13H19N3O3/c1-7(2)5-9(13(18)19)14-10-6-11(17)16-12(15-10)8-3-4-8/h6-9H,3-5H2,1-2H3,(H,18,19)(H2,14,15,16,17). The van der Waals surface area contributed by atoms with Gasteiger partial charge in [0.25, 0.3) is 5.56 Å². The molecule has 1 saturated carbocycles. The lowest BCUT2D eigenvalue weighted by Crippen LogP contribution is -2.31. The van der Waals surface area contributed by atoms with Crippen LogP contribution in [0.15, 0.2) is 10.9 Å². The summed E-state index contributed by atoms with van der Waals surface area (Å²) in [6, 6.07) is 0.587. The maximum atomic E-state index is 11.5. The number of hydrogen-bond donors (Lipinski definition) is 3. The number of H-pyrrole nitrogens is 1. The van der Waals surface area contributed by atoms with Crippen LogP contribution in [0.1, 0.15) is 44.9 Å². The van der Waals surface area contributed by atoms with Crippen LogP contribution in [-0.2, 0) is 4.79 Å². The van der Waals surface area contributed by atoms with Gasteiger partial charge in [-0.15, -0.1) is 0 Å². The third-order valence-electron chi connectivity index (χ3n) is 3.05. The molecule has 1 unspecified atom stereocenters. The van der Waals surface area contributed by atoms with Crippen LogP contribution in [-0.4, -0.2) is 27.1 Å². The molecule has 6 heteroatoms. The molecule has 0 bridgehead atoms. The molecule has 0 amide bonds. The van der Waals surface area contributed by atoms with Crippen molar-refractivity contribution in [3.05, 3.63) is 22.2 Å². The summed E-state index contributed by atoms with van der Waals surface area (Å²) in [4.78, 5) is 29.7. The second kappa shape index (κ2) is 5.42. The summed E-state index contributed by atoms with van der Waals surface area (Å²) in [5, 5.41) is 12.0. The highest BCUT2D eigenvalue weighted by Crippen LogP contribution is 2.37. The van der Waals surface area contributed by atoms with E-state index in [9.17, 15) is 9.59 Å². The highest BCUT2D eigenvalue weighted by Gasteiger charge is 2.27. The van der Waals surface area contributed by atoms with Crippen LogP contribution in [0, 0.1) is 5.92 Å². The van der Waals surface area contributed by atoms with E-state index in [-0.39, 0.29) is 11.5 Å². The summed E-state index contributed by atoms with van der Waals surface area (Å²) in [6.07, 6.45) is 2.55. The Kier molecular flexibility index (Phi) is 3.87. The average Bonchev–Trinajstić information content (AvgIpc) is 3.10. The van der Waals surface area contributed by atoms with Crippen molar-refractivity contribution < 1.29 is 9.90 Å². The van der Waals surface area contributed by atoms with Crippen LogP contribution in [0.3, 0.4) is 0 Å². The molecule has 1 aromatic heterocycles. The Bertz CT molecular complexity index is 520. The number of nitrogens with one attached hydrogen (secondary N) is 2. The van der Waals surface area contributed by atoms with Gasteiger partial charge in [-0.05, 0) is 25.2 Å². The molecule has 1 atom stereocenters. The van der Waals surface area contributed by atoms with Gasteiger partial charge in [0.05, 0.1) is 0 Å². The van der Waals surface area contributed by atoms with Gasteiger partial charge in [0, 0.05) is 12.0 Å². The minimum atomic E-state index is -0.927. The van der Waals surface area contributed by atoms with Crippen molar-refractivity contribution in [1.82, 2.24) is 9.97 Å². The van der Waals surface area contributed by atoms with Crippen molar-refractivity contribution >= 4 is 11.8 Å². The molecule has 1 aliphatic rings. The summed E-state index contributed by atoms with van der Waals surface area (Å²) >= 11 is 0. The first-order chi connectivity index (χ1) is 8.95. The lowest BCUT2D eigenvalue weighted by atomic mass is 10.0. The fraction of sp³-hybridized carbons (Fsp3) is 0.615. The van der Waals surface area contributed by atoms with E-state index < -0.39 is 12.0 Å². The number of anilines is 1. The van der Waals surface area contributed by atoms with Gasteiger partial charge in [-0.3, -0.25) is 4.79 Å². The molecule has 0 aliphatic heterocycles. The number of aromatic nitrogens is 2. The van der Waals surface area contributed by atoms with Crippen LogP contribution in [0.4, 0.5) is 5.82 Å². The number of carboxylic acids is 1. The fourth-order valence-electron chi connectivity index (χ4n) is 1.97. The van der Waals surface area contributed by atoms with E-state index in [1.807, 2.05) is 13.8 Å². The largest absolute Gasteiger partial charge is 0.480 e. The normalized spacial score (nSPS) is 16.4. The number of nitrogens with zero attached hydrogens (tertiary/aromatic N) is 1. The molecule has 1 heterocycles. The van der Waals surface area contributed by atoms with Crippen LogP contribution < -0.4 is 10.9 Å². The van der Waals surface area contributed by atoms with Gasteiger partial charge in [-0.1, -0.05) is 13.8 Å². The number of rotatable bonds is 6. The fourth-order valence-corrected chi connectivity index (χ4v) is 1.97. The van der Waals surface area contributed by atoms with Crippen molar-refractivity contribution in [2.45, 2.75) is 45.1 Å². The average molecular weight is 265 g/mol. The molecular weight excluding hydrogens is 246 g/mol. The maximum absolute atomic E-state index is 11.5. The van der Waals surface area contributed by atoms with Gasteiger partial charge in [0.2, 0.25) is 0 Å². The molecule has 6 nitrogen and oxygen atoms in total. The smallest absolute Gasteiger partial charge is 0.326 e. The first kappa shape index (κ1) is 13.6. The van der Waals surface area contributed by atoms with E-state index in [0.29, 0.717) is 24.0 Å². The predicted molar refractivity (Wildman–Crippen MR) is 71.3 cm³/mol. The zero-order chi connectivity index (χ0) is 14.0. The Hall–Kier alpha value is -1.85. The second-order valence-electron chi connectivity index (χ2n) is 5.45. The van der Waals surface area contributed by atoms with Gasteiger partial charge >= 0.3 is 5.97 Å². The summed E-state index contributed by atoms with van der Waals surface area (Å²) in [6.45, 7) is 3.91. The third-order valence-corrected chi connectivity index (χ3v) is 3.05. The van der Waals surface area contributed by atoms with Crippen molar-refractivity contribution in [3.63, 3.8) is 0 Å². The molecule has 0 radical (unpaired) electrons. The van der Waals surface area contributed by atoms with Crippen molar-refractivity contribution in [3.8, 4) is 0 Å². The molecule has 1 aromatic rings. The van der Waals surface area contributed by atoms with Gasteiger partial charge in [-0.25, -0.2) is 9.78 Å². The van der Waals surface area contributed by atoms with Gasteiger partial charge in [0.15, 0.2) is 0 Å². The number of carboxylic acid groups (broad SMARTS) is 1. The maximum Gasteiger partial charge on any atom is 0.326 e. The summed E-state index contributed by atoms with van der Waals surface area (Å²) in [5.41, 5.74) is -0.243. The Labute approximate surface area is 111 Å². The first-order valence-corrected chi connectivity index (χ1v) is 6.56. The number of hydrogen-bond acceptors (Lipinski definition) is 4. The van der Waals surface area contributed by atoms with E-state index in [1.165, 1.54) is 6.07 Å². The summed E-state index contributed by atoms with van der Waals surface area (Å²) in [7, 11) is 0. The van der Waals surface area contributed by atoms with E-state index in [0.717, 1.165) is 12.8 Å². The van der Waals surface area contributed by atoms with E-state index in [2.05, 4.69) is 15.3 Å². The molecule has 1 fully saturated rings. The van der Waals surface area contributed by atoms with Crippen LogP contribution >= 0.6 is 0 Å². The summed E-state index contributed by atoms with van der Waals surface area (Å²) in [5.74, 6) is 0.646. The third kappa shape index (κ3) is 3.81. The summed E-state index contributed by atoms with van der Waals surface area (Å²) < 4.78 is 0. The molecule has 0 saturated heterocycles. The Morgan fingerprint density at radius 2 is 2.26 bits per heavy atom. The zero-order valence-electron chi connectivity index (χ0n) is 11.1. The van der Waals surface area contributed by atoms with E-state index in [4.69, 9.17) is 5.11 Å². The quantitative estimate of drug-likeness (QED) is 0.725. The number of aromatic amines is 1. The topological polar surface area (TPSA) is 95.1 Å². The minimum absolute atomic E-state index is 0.243. The van der Waals surface area contributed by atoms with Gasteiger partial charge in [0.1, 0.15) is 17.7 Å². The minimum Gasteiger partial charge on any atom is -0.480 e. The Balaban J connectivity index is 2.16. The molecule has 19 heavy (non-hydrogen) atoms. The lowest BCUT2D eigenvalue weighted by molar-refractivity contribution is -0.138. The van der Waals surface area contributed by atoms with Crippen molar-refractivity contribution in [2.75, 3.05) is 5.32 Å². The van der Waals surface area contributed by atoms with Crippen LogP contribution in [0.2, 0.25) is 0 Å². The van der Waals surface area contributed by atoms with E-state index >= 15 is 0 Å². The molecule has 2 rings (SSSR count). The molecule has 3 N–H and O–H groups in total. The molecule has 0 spiro atoms. The molecule has 0 aromatic carbocycles. The SMILES string of the molecule is CC(C)CC(Nc1cc(=O)[nH]c(C2CC2)n1)C(=O)O. The zero-order valence-corrected chi connectivity index (χ0v) is 11.1. The highest BCUT2D eigenvalue weighted by molar-refractivity contribution is 5.76. The van der Waals surface area contributed by atoms with Gasteiger partial charge < -0.3 is 15.4 Å². The van der Waals surface area contributed by atoms with Crippen molar-refractivity contribution in [1.29, 1.82) is 0 Å². The lowest BCUT2D eigenvalue weighted by Gasteiger charge is -2.17. The number of aliphatic carboxylic acids is 1. The second-order valence-corrected chi connectivity index (χ2v) is 5.45. The first-order valence-electron chi connectivity index (χ1n) is 6.56. The van der Waals surface area contributed by atoms with E-state index in [1.54, 1.807) is 0 Å². The highest BCUT2D eigenvalue weighted by atomic mass is 16.4. The molecule has 1 aliphatic carbocycles. The predicted octanol–water partition coefficient (Wildman–Crippen LogP) is 1.56. The molecule has 104 valence electrons. The molecular formula is C13H19N3O3. The Morgan fingerprint density at radius 1 is 1.58 bits per heavy atom. The van der Waals surface area contributed by atoms with Crippen molar-refractivity contribution in [2.24, 2.45) is 5.92 Å². The Morgan fingerprint density at radius 3 is 2.79 bits per heavy atom. The van der Waals surface area contributed by atoms with Crippen LogP contribution in [0.5, 0.6) is 0 Å². The van der Waals surface area contributed by atoms with Crippen LogP contribution in [0.25, 0.3) is 0 Å². The number of carbonyl (C=O) groups is 1. The van der Waals surface area contributed by atoms with Gasteiger partial charge in [-0.2, -0.15) is 0 Å². The monoisotopic (exact) mass is 265 g/mol.